The number of thiophene rings is 1. The van der Waals surface area contributed by atoms with Crippen molar-refractivity contribution < 1.29 is 14.7 Å². The number of aldehydes is 1. The lowest BCUT2D eigenvalue weighted by atomic mass is 10.3. The van der Waals surface area contributed by atoms with E-state index in [1.54, 1.807) is 0 Å². The van der Waals surface area contributed by atoms with Crippen LogP contribution in [0.25, 0.3) is 0 Å². The van der Waals surface area contributed by atoms with Crippen LogP contribution in [0, 0.1) is 0 Å². The van der Waals surface area contributed by atoms with E-state index in [2.05, 4.69) is 15.9 Å². The molecule has 0 saturated carbocycles. The third-order valence-corrected chi connectivity index (χ3v) is 2.69. The van der Waals surface area contributed by atoms with Crippen LogP contribution >= 0.6 is 27.3 Å². The first kappa shape index (κ1) is 8.42. The summed E-state index contributed by atoms with van der Waals surface area (Å²) >= 11 is 4.12. The van der Waals surface area contributed by atoms with Crippen molar-refractivity contribution in [3.05, 3.63) is 20.3 Å². The van der Waals surface area contributed by atoms with Crippen LogP contribution in [0.2, 0.25) is 0 Å². The highest BCUT2D eigenvalue weighted by Crippen LogP contribution is 2.25. The van der Waals surface area contributed by atoms with Gasteiger partial charge in [0.2, 0.25) is 0 Å². The molecule has 0 amide bonds. The third kappa shape index (κ3) is 1.66. The lowest BCUT2D eigenvalue weighted by molar-refractivity contribution is 0.0699. The van der Waals surface area contributed by atoms with Crippen LogP contribution in [-0.2, 0) is 0 Å². The number of carbonyl (C=O) groups is 2. The van der Waals surface area contributed by atoms with Gasteiger partial charge < -0.3 is 5.11 Å². The average Bonchev–Trinajstić information content (AvgIpc) is 2.30. The van der Waals surface area contributed by atoms with Crippen molar-refractivity contribution in [2.24, 2.45) is 0 Å². The van der Waals surface area contributed by atoms with E-state index in [1.807, 2.05) is 0 Å². The molecule has 0 bridgehead atoms. The van der Waals surface area contributed by atoms with Crippen LogP contribution < -0.4 is 0 Å². The zero-order chi connectivity index (χ0) is 8.43. The van der Waals surface area contributed by atoms with Crippen molar-refractivity contribution in [2.75, 3.05) is 0 Å². The van der Waals surface area contributed by atoms with E-state index in [0.29, 0.717) is 10.1 Å². The molecule has 0 fully saturated rings. The fraction of sp³-hybridized carbons (Fsp3) is 0. The Bertz CT molecular complexity index is 305. The molecular formula is C6H3BrO3S. The van der Waals surface area contributed by atoms with E-state index in [-0.39, 0.29) is 10.4 Å². The minimum atomic E-state index is -1.07. The molecule has 0 atom stereocenters. The standard InChI is InChI=1S/C6H3BrO3S/c7-4-1-3(2-8)5(11-4)6(9)10/h1-2H,(H,9,10). The molecule has 0 spiro atoms. The Labute approximate surface area is 74.8 Å². The van der Waals surface area contributed by atoms with Gasteiger partial charge >= 0.3 is 5.97 Å². The first-order valence-corrected chi connectivity index (χ1v) is 4.24. The Morgan fingerprint density at radius 2 is 2.36 bits per heavy atom. The van der Waals surface area contributed by atoms with Crippen molar-refractivity contribution in [1.29, 1.82) is 0 Å². The van der Waals surface area contributed by atoms with Gasteiger partial charge in [0.15, 0.2) is 6.29 Å². The van der Waals surface area contributed by atoms with Crippen molar-refractivity contribution in [2.45, 2.75) is 0 Å². The monoisotopic (exact) mass is 234 g/mol. The Hall–Kier alpha value is -0.680. The zero-order valence-electron chi connectivity index (χ0n) is 5.20. The first-order valence-electron chi connectivity index (χ1n) is 2.63. The molecule has 0 unspecified atom stereocenters. The van der Waals surface area contributed by atoms with Crippen LogP contribution in [0.5, 0.6) is 0 Å². The fourth-order valence-electron chi connectivity index (χ4n) is 0.628. The molecule has 1 aromatic rings. The maximum Gasteiger partial charge on any atom is 0.346 e. The number of halogens is 1. The number of hydrogen-bond donors (Lipinski definition) is 1. The molecule has 0 radical (unpaired) electrons. The summed E-state index contributed by atoms with van der Waals surface area (Å²) < 4.78 is 0.650. The van der Waals surface area contributed by atoms with Gasteiger partial charge in [0.25, 0.3) is 0 Å². The molecule has 1 heterocycles. The quantitative estimate of drug-likeness (QED) is 0.797. The minimum Gasteiger partial charge on any atom is -0.477 e. The van der Waals surface area contributed by atoms with Crippen molar-refractivity contribution >= 4 is 39.5 Å². The Morgan fingerprint density at radius 3 is 2.73 bits per heavy atom. The zero-order valence-corrected chi connectivity index (χ0v) is 7.61. The predicted molar refractivity (Wildman–Crippen MR) is 44.4 cm³/mol. The molecule has 3 nitrogen and oxygen atoms in total. The summed E-state index contributed by atoms with van der Waals surface area (Å²) in [6, 6.07) is 1.49. The summed E-state index contributed by atoms with van der Waals surface area (Å²) in [7, 11) is 0. The number of rotatable bonds is 2. The lowest BCUT2D eigenvalue weighted by Gasteiger charge is -1.85. The minimum absolute atomic E-state index is 0.0758. The van der Waals surface area contributed by atoms with Gasteiger partial charge in [-0.2, -0.15) is 0 Å². The third-order valence-electron chi connectivity index (χ3n) is 1.05. The molecular weight excluding hydrogens is 232 g/mol. The Kier molecular flexibility index (Phi) is 2.41. The number of aromatic carboxylic acids is 1. The molecule has 11 heavy (non-hydrogen) atoms. The second-order valence-electron chi connectivity index (χ2n) is 1.76. The molecule has 0 saturated heterocycles. The van der Waals surface area contributed by atoms with E-state index in [9.17, 15) is 9.59 Å². The second kappa shape index (κ2) is 3.15. The SMILES string of the molecule is O=Cc1cc(Br)sc1C(=O)O. The van der Waals surface area contributed by atoms with Crippen molar-refractivity contribution in [1.82, 2.24) is 0 Å². The van der Waals surface area contributed by atoms with Gasteiger partial charge in [-0.3, -0.25) is 4.79 Å². The summed E-state index contributed by atoms with van der Waals surface area (Å²) in [4.78, 5) is 20.8. The molecule has 0 aliphatic carbocycles. The molecule has 0 aliphatic rings. The molecule has 5 heteroatoms. The predicted octanol–water partition coefficient (Wildman–Crippen LogP) is 2.02. The van der Waals surface area contributed by atoms with Crippen molar-refractivity contribution in [3.8, 4) is 0 Å². The molecule has 1 N–H and O–H groups in total. The highest BCUT2D eigenvalue weighted by Gasteiger charge is 2.12. The van der Waals surface area contributed by atoms with E-state index in [4.69, 9.17) is 5.11 Å². The number of carbonyl (C=O) groups excluding carboxylic acids is 1. The molecule has 0 aliphatic heterocycles. The lowest BCUT2D eigenvalue weighted by Crippen LogP contribution is -1.95. The number of carboxylic acids is 1. The second-order valence-corrected chi connectivity index (χ2v) is 4.19. The van der Waals surface area contributed by atoms with E-state index >= 15 is 0 Å². The summed E-state index contributed by atoms with van der Waals surface area (Å²) in [6.07, 6.45) is 0.532. The highest BCUT2D eigenvalue weighted by molar-refractivity contribution is 9.11. The van der Waals surface area contributed by atoms with Crippen LogP contribution in [-0.4, -0.2) is 17.4 Å². The molecule has 1 aromatic heterocycles. The molecule has 58 valence electrons. The van der Waals surface area contributed by atoms with Gasteiger partial charge in [-0.1, -0.05) is 0 Å². The number of carboxylic acid groups (broad SMARTS) is 1. The summed E-state index contributed by atoms with van der Waals surface area (Å²) in [6.45, 7) is 0. The summed E-state index contributed by atoms with van der Waals surface area (Å²) in [5.74, 6) is -1.07. The average molecular weight is 235 g/mol. The van der Waals surface area contributed by atoms with Gasteiger partial charge in [-0.25, -0.2) is 4.79 Å². The normalized spacial score (nSPS) is 9.55. The van der Waals surface area contributed by atoms with Gasteiger partial charge in [0.05, 0.1) is 3.79 Å². The van der Waals surface area contributed by atoms with E-state index in [0.717, 1.165) is 11.3 Å². The largest absolute Gasteiger partial charge is 0.477 e. The van der Waals surface area contributed by atoms with E-state index in [1.165, 1.54) is 6.07 Å². The topological polar surface area (TPSA) is 54.4 Å². The smallest absolute Gasteiger partial charge is 0.346 e. The fourth-order valence-corrected chi connectivity index (χ4v) is 2.05. The van der Waals surface area contributed by atoms with Gasteiger partial charge in [-0.05, 0) is 22.0 Å². The summed E-state index contributed by atoms with van der Waals surface area (Å²) in [5.41, 5.74) is 0.217. The van der Waals surface area contributed by atoms with Crippen LogP contribution in [0.1, 0.15) is 20.0 Å². The molecule has 1 rings (SSSR count). The maximum atomic E-state index is 10.4. The maximum absolute atomic E-state index is 10.4. The van der Waals surface area contributed by atoms with Gasteiger partial charge in [0.1, 0.15) is 4.88 Å². The number of hydrogen-bond acceptors (Lipinski definition) is 3. The Morgan fingerprint density at radius 1 is 1.73 bits per heavy atom. The van der Waals surface area contributed by atoms with Gasteiger partial charge in [-0.15, -0.1) is 11.3 Å². The summed E-state index contributed by atoms with van der Waals surface area (Å²) in [5, 5.41) is 8.54. The first-order chi connectivity index (χ1) is 5.15. The Balaban J connectivity index is 3.22. The van der Waals surface area contributed by atoms with Gasteiger partial charge in [0, 0.05) is 5.56 Å². The van der Waals surface area contributed by atoms with Crippen LogP contribution in [0.15, 0.2) is 9.85 Å². The van der Waals surface area contributed by atoms with Crippen LogP contribution in [0.4, 0.5) is 0 Å². The van der Waals surface area contributed by atoms with E-state index < -0.39 is 5.97 Å². The van der Waals surface area contributed by atoms with Crippen molar-refractivity contribution in [3.63, 3.8) is 0 Å². The molecule has 0 aromatic carbocycles. The highest BCUT2D eigenvalue weighted by atomic mass is 79.9. The van der Waals surface area contributed by atoms with Crippen LogP contribution in [0.3, 0.4) is 0 Å².